The summed E-state index contributed by atoms with van der Waals surface area (Å²) in [7, 11) is 0. The van der Waals surface area contributed by atoms with E-state index in [0.29, 0.717) is 44.3 Å². The molecule has 0 N–H and O–H groups in total. The Balaban J connectivity index is 1.82. The summed E-state index contributed by atoms with van der Waals surface area (Å²) >= 11 is 0. The number of carbonyl (C=O) groups is 2. The molecule has 7 heteroatoms. The Bertz CT molecular complexity index is 925. The number of hydrogen-bond acceptors (Lipinski definition) is 4. The highest BCUT2D eigenvalue weighted by atomic mass is 16.2. The van der Waals surface area contributed by atoms with E-state index in [-0.39, 0.29) is 11.8 Å². The zero-order valence-electron chi connectivity index (χ0n) is 22.0. The van der Waals surface area contributed by atoms with Gasteiger partial charge in [-0.2, -0.15) is 0 Å². The number of nitrogens with zero attached hydrogens (tertiary/aromatic N) is 5. The van der Waals surface area contributed by atoms with Gasteiger partial charge in [-0.25, -0.2) is 4.98 Å². The molecule has 192 valence electrons. The van der Waals surface area contributed by atoms with Crippen LogP contribution in [0, 0.1) is 11.8 Å². The van der Waals surface area contributed by atoms with E-state index in [9.17, 15) is 9.59 Å². The van der Waals surface area contributed by atoms with Gasteiger partial charge in [-0.15, -0.1) is 0 Å². The third-order valence-corrected chi connectivity index (χ3v) is 6.41. The van der Waals surface area contributed by atoms with Gasteiger partial charge >= 0.3 is 0 Å². The van der Waals surface area contributed by atoms with Gasteiger partial charge in [0.25, 0.3) is 0 Å². The third-order valence-electron chi connectivity index (χ3n) is 6.41. The molecular formula is C28H43N5O2. The van der Waals surface area contributed by atoms with Crippen molar-refractivity contribution in [1.82, 2.24) is 19.4 Å². The summed E-state index contributed by atoms with van der Waals surface area (Å²) in [6.45, 7) is 14.1. The van der Waals surface area contributed by atoms with E-state index in [1.807, 2.05) is 38.8 Å². The Morgan fingerprint density at radius 3 is 2.49 bits per heavy atom. The average Bonchev–Trinajstić information content (AvgIpc) is 3.31. The number of aromatic nitrogens is 2. The van der Waals surface area contributed by atoms with Gasteiger partial charge in [0.15, 0.2) is 0 Å². The predicted molar refractivity (Wildman–Crippen MR) is 141 cm³/mol. The minimum Gasteiger partial charge on any atom is -0.337 e. The Kier molecular flexibility index (Phi) is 10.3. The lowest BCUT2D eigenvalue weighted by atomic mass is 10.1. The van der Waals surface area contributed by atoms with Crippen LogP contribution in [0.2, 0.25) is 0 Å². The second-order valence-electron chi connectivity index (χ2n) is 10.5. The van der Waals surface area contributed by atoms with Gasteiger partial charge in [-0.05, 0) is 42.9 Å². The van der Waals surface area contributed by atoms with Crippen molar-refractivity contribution in [3.63, 3.8) is 0 Å². The van der Waals surface area contributed by atoms with Crippen molar-refractivity contribution in [2.75, 3.05) is 37.6 Å². The molecule has 0 aliphatic carbocycles. The van der Waals surface area contributed by atoms with Crippen molar-refractivity contribution in [3.8, 4) is 0 Å². The van der Waals surface area contributed by atoms with Crippen molar-refractivity contribution in [3.05, 3.63) is 48.5 Å². The fourth-order valence-corrected chi connectivity index (χ4v) is 4.76. The van der Waals surface area contributed by atoms with E-state index < -0.39 is 0 Å². The molecule has 2 heterocycles. The van der Waals surface area contributed by atoms with Crippen LogP contribution in [-0.2, 0) is 22.7 Å². The fourth-order valence-electron chi connectivity index (χ4n) is 4.76. The summed E-state index contributed by atoms with van der Waals surface area (Å²) in [5, 5.41) is 0. The highest BCUT2D eigenvalue weighted by molar-refractivity contribution is 5.94. The van der Waals surface area contributed by atoms with E-state index in [1.54, 1.807) is 12.5 Å². The first kappa shape index (κ1) is 26.9. The number of anilines is 1. The van der Waals surface area contributed by atoms with Crippen LogP contribution in [0.25, 0.3) is 0 Å². The molecule has 1 aliphatic heterocycles. The van der Waals surface area contributed by atoms with E-state index in [4.69, 9.17) is 0 Å². The molecule has 0 spiro atoms. The maximum absolute atomic E-state index is 13.4. The van der Waals surface area contributed by atoms with Gasteiger partial charge < -0.3 is 19.3 Å². The van der Waals surface area contributed by atoms with Crippen LogP contribution in [0.5, 0.6) is 0 Å². The average molecular weight is 482 g/mol. The van der Waals surface area contributed by atoms with Gasteiger partial charge in [0.1, 0.15) is 0 Å². The number of fused-ring (bicyclic) bond motifs is 1. The van der Waals surface area contributed by atoms with Crippen LogP contribution in [0.15, 0.2) is 43.0 Å². The molecule has 1 aromatic heterocycles. The number of hydrogen-bond donors (Lipinski definition) is 0. The van der Waals surface area contributed by atoms with Crippen LogP contribution in [0.4, 0.5) is 5.69 Å². The van der Waals surface area contributed by atoms with E-state index in [2.05, 4.69) is 43.6 Å². The van der Waals surface area contributed by atoms with Gasteiger partial charge in [0.05, 0.1) is 6.33 Å². The standard InChI is InChI=1S/C28H43N5O2/c1-23(2)19-28(35)33-15-8-14-30(20-24(3)4)17-18-32(21-25-9-5-6-10-26(25)33)27(34)11-7-13-31-16-12-29-22-31/h5-6,9-10,12,16,22-24H,7-8,11,13-15,17-21H2,1-4H3. The van der Waals surface area contributed by atoms with Crippen LogP contribution in [0.1, 0.15) is 58.9 Å². The van der Waals surface area contributed by atoms with Gasteiger partial charge in [-0.3, -0.25) is 9.59 Å². The summed E-state index contributed by atoms with van der Waals surface area (Å²) < 4.78 is 2.01. The fraction of sp³-hybridized carbons (Fsp3) is 0.607. The molecule has 0 bridgehead atoms. The van der Waals surface area contributed by atoms with Crippen LogP contribution in [-0.4, -0.2) is 63.9 Å². The molecule has 0 unspecified atom stereocenters. The Morgan fingerprint density at radius 1 is 0.971 bits per heavy atom. The quantitative estimate of drug-likeness (QED) is 0.560. The van der Waals surface area contributed by atoms with Crippen molar-refractivity contribution in [2.45, 2.75) is 66.5 Å². The van der Waals surface area contributed by atoms with Crippen molar-refractivity contribution >= 4 is 17.5 Å². The topological polar surface area (TPSA) is 61.7 Å². The van der Waals surface area contributed by atoms with Crippen LogP contribution < -0.4 is 4.90 Å². The van der Waals surface area contributed by atoms with E-state index in [0.717, 1.165) is 50.3 Å². The summed E-state index contributed by atoms with van der Waals surface area (Å²) in [5.41, 5.74) is 2.00. The van der Waals surface area contributed by atoms with E-state index in [1.165, 1.54) is 0 Å². The molecule has 1 aliphatic rings. The molecule has 2 amide bonds. The first-order valence-corrected chi connectivity index (χ1v) is 13.2. The number of rotatable bonds is 8. The zero-order valence-corrected chi connectivity index (χ0v) is 22.0. The Morgan fingerprint density at radius 2 is 1.77 bits per heavy atom. The summed E-state index contributed by atoms with van der Waals surface area (Å²) in [6.07, 6.45) is 8.22. The molecule has 1 aromatic carbocycles. The first-order valence-electron chi connectivity index (χ1n) is 13.2. The Labute approximate surface area is 211 Å². The lowest BCUT2D eigenvalue weighted by Gasteiger charge is -2.29. The summed E-state index contributed by atoms with van der Waals surface area (Å²) in [4.78, 5) is 37.2. The van der Waals surface area contributed by atoms with Gasteiger partial charge in [-0.1, -0.05) is 45.9 Å². The van der Waals surface area contributed by atoms with Crippen molar-refractivity contribution in [1.29, 1.82) is 0 Å². The first-order chi connectivity index (χ1) is 16.8. The molecular weight excluding hydrogens is 438 g/mol. The smallest absolute Gasteiger partial charge is 0.227 e. The van der Waals surface area contributed by atoms with Gasteiger partial charge in [0, 0.05) is 70.2 Å². The summed E-state index contributed by atoms with van der Waals surface area (Å²) in [6, 6.07) is 8.12. The number of amides is 2. The molecule has 35 heavy (non-hydrogen) atoms. The van der Waals surface area contributed by atoms with Crippen molar-refractivity contribution in [2.24, 2.45) is 11.8 Å². The van der Waals surface area contributed by atoms with Crippen molar-refractivity contribution < 1.29 is 9.59 Å². The van der Waals surface area contributed by atoms with Crippen LogP contribution >= 0.6 is 0 Å². The molecule has 0 saturated carbocycles. The number of imidazole rings is 1. The van der Waals surface area contributed by atoms with Crippen LogP contribution in [0.3, 0.4) is 0 Å². The Hall–Kier alpha value is -2.67. The molecule has 3 rings (SSSR count). The normalized spacial score (nSPS) is 15.8. The van der Waals surface area contributed by atoms with E-state index >= 15 is 0 Å². The summed E-state index contributed by atoms with van der Waals surface area (Å²) in [5.74, 6) is 1.19. The predicted octanol–water partition coefficient (Wildman–Crippen LogP) is 4.43. The number of para-hydroxylation sites is 1. The molecule has 0 atom stereocenters. The molecule has 2 aromatic rings. The largest absolute Gasteiger partial charge is 0.337 e. The number of benzene rings is 1. The minimum absolute atomic E-state index is 0.167. The monoisotopic (exact) mass is 481 g/mol. The molecule has 0 saturated heterocycles. The maximum atomic E-state index is 13.4. The molecule has 0 radical (unpaired) electrons. The highest BCUT2D eigenvalue weighted by Gasteiger charge is 2.24. The lowest BCUT2D eigenvalue weighted by Crippen LogP contribution is -2.40. The minimum atomic E-state index is 0.167. The second-order valence-corrected chi connectivity index (χ2v) is 10.5. The highest BCUT2D eigenvalue weighted by Crippen LogP contribution is 2.25. The SMILES string of the molecule is CC(C)CC(=O)N1CCCN(CC(C)C)CCN(C(=O)CCCn2ccnc2)Cc2ccccc21. The zero-order chi connectivity index (χ0) is 25.2. The maximum Gasteiger partial charge on any atom is 0.227 e. The second kappa shape index (κ2) is 13.4. The lowest BCUT2D eigenvalue weighted by molar-refractivity contribution is -0.132. The third kappa shape index (κ3) is 8.49. The van der Waals surface area contributed by atoms with Gasteiger partial charge in [0.2, 0.25) is 11.8 Å². The number of carbonyl (C=O) groups excluding carboxylic acids is 2. The number of aryl methyl sites for hydroxylation is 1. The molecule has 7 nitrogen and oxygen atoms in total. The molecule has 0 fully saturated rings.